The molecule has 3 heteroatoms. The maximum atomic E-state index is 10.0. The zero-order valence-corrected chi connectivity index (χ0v) is 13.3. The van der Waals surface area contributed by atoms with Crippen molar-refractivity contribution in [1.29, 1.82) is 0 Å². The zero-order valence-electron chi connectivity index (χ0n) is 13.3. The number of rotatable bonds is 7. The van der Waals surface area contributed by atoms with Crippen LogP contribution in [0.2, 0.25) is 0 Å². The van der Waals surface area contributed by atoms with Gasteiger partial charge in [0.25, 0.3) is 0 Å². The van der Waals surface area contributed by atoms with Crippen molar-refractivity contribution in [3.05, 3.63) is 29.8 Å². The van der Waals surface area contributed by atoms with Gasteiger partial charge in [0.05, 0.1) is 0 Å². The largest absolute Gasteiger partial charge is 0.491 e. The number of hydrogen-bond donors (Lipinski definition) is 2. The molecular weight excluding hydrogens is 262 g/mol. The molecule has 21 heavy (non-hydrogen) atoms. The smallest absolute Gasteiger partial charge is 0.119 e. The number of aryl methyl sites for hydroxylation is 1. The molecule has 0 spiro atoms. The van der Waals surface area contributed by atoms with Crippen LogP contribution in [-0.4, -0.2) is 30.4 Å². The highest BCUT2D eigenvalue weighted by Gasteiger charge is 2.20. The zero-order chi connectivity index (χ0) is 15.1. The average molecular weight is 291 g/mol. The van der Waals surface area contributed by atoms with Gasteiger partial charge in [-0.2, -0.15) is 0 Å². The third kappa shape index (κ3) is 5.68. The summed E-state index contributed by atoms with van der Waals surface area (Å²) in [5.41, 5.74) is 1.22. The Kier molecular flexibility index (Phi) is 6.52. The molecule has 0 saturated heterocycles. The van der Waals surface area contributed by atoms with E-state index in [1.165, 1.54) is 37.7 Å². The second-order valence-corrected chi connectivity index (χ2v) is 6.31. The van der Waals surface area contributed by atoms with Gasteiger partial charge < -0.3 is 15.2 Å². The molecule has 2 rings (SSSR count). The molecule has 0 aliphatic heterocycles. The summed E-state index contributed by atoms with van der Waals surface area (Å²) in [5, 5.41) is 13.5. The molecule has 0 radical (unpaired) electrons. The van der Waals surface area contributed by atoms with Crippen LogP contribution < -0.4 is 10.1 Å². The lowest BCUT2D eigenvalue weighted by Gasteiger charge is -2.29. The molecule has 1 aromatic carbocycles. The van der Waals surface area contributed by atoms with E-state index in [1.807, 2.05) is 24.3 Å². The van der Waals surface area contributed by atoms with E-state index < -0.39 is 6.10 Å². The van der Waals surface area contributed by atoms with E-state index in [-0.39, 0.29) is 0 Å². The van der Waals surface area contributed by atoms with Gasteiger partial charge in [-0.3, -0.25) is 0 Å². The predicted molar refractivity (Wildman–Crippen MR) is 86.7 cm³/mol. The third-order valence-electron chi connectivity index (χ3n) is 4.53. The highest BCUT2D eigenvalue weighted by Crippen LogP contribution is 2.26. The molecule has 0 heterocycles. The maximum Gasteiger partial charge on any atom is 0.119 e. The lowest BCUT2D eigenvalue weighted by molar-refractivity contribution is 0.101. The van der Waals surface area contributed by atoms with Gasteiger partial charge >= 0.3 is 0 Å². The SMILES string of the molecule is CCC1CCC(NCC(O)COc2ccc(C)cc2)CC1. The van der Waals surface area contributed by atoms with Crippen molar-refractivity contribution in [2.24, 2.45) is 5.92 Å². The summed E-state index contributed by atoms with van der Waals surface area (Å²) < 4.78 is 5.61. The molecule has 2 N–H and O–H groups in total. The Morgan fingerprint density at radius 2 is 1.86 bits per heavy atom. The second kappa shape index (κ2) is 8.40. The minimum absolute atomic E-state index is 0.348. The Balaban J connectivity index is 1.61. The van der Waals surface area contributed by atoms with E-state index >= 15 is 0 Å². The van der Waals surface area contributed by atoms with E-state index in [4.69, 9.17) is 4.74 Å². The minimum Gasteiger partial charge on any atom is -0.491 e. The summed E-state index contributed by atoms with van der Waals surface area (Å²) in [6, 6.07) is 8.50. The normalized spacial score (nSPS) is 23.8. The van der Waals surface area contributed by atoms with Crippen molar-refractivity contribution in [3.8, 4) is 5.75 Å². The van der Waals surface area contributed by atoms with Crippen molar-refractivity contribution in [2.75, 3.05) is 13.2 Å². The average Bonchev–Trinajstić information content (AvgIpc) is 2.53. The van der Waals surface area contributed by atoms with Gasteiger partial charge in [0.1, 0.15) is 18.5 Å². The van der Waals surface area contributed by atoms with Crippen molar-refractivity contribution in [2.45, 2.75) is 58.1 Å². The van der Waals surface area contributed by atoms with Crippen molar-refractivity contribution in [1.82, 2.24) is 5.32 Å². The Labute approximate surface area is 128 Å². The number of benzene rings is 1. The van der Waals surface area contributed by atoms with E-state index in [2.05, 4.69) is 19.2 Å². The quantitative estimate of drug-likeness (QED) is 0.810. The predicted octanol–water partition coefficient (Wildman–Crippen LogP) is 3.29. The van der Waals surface area contributed by atoms with Crippen molar-refractivity contribution in [3.63, 3.8) is 0 Å². The van der Waals surface area contributed by atoms with E-state index in [0.717, 1.165) is 11.7 Å². The van der Waals surface area contributed by atoms with Gasteiger partial charge in [0, 0.05) is 12.6 Å². The Hall–Kier alpha value is -1.06. The molecular formula is C18H29NO2. The van der Waals surface area contributed by atoms with E-state index in [1.54, 1.807) is 0 Å². The molecule has 1 aromatic rings. The van der Waals surface area contributed by atoms with Crippen LogP contribution in [0.1, 0.15) is 44.6 Å². The minimum atomic E-state index is -0.449. The lowest BCUT2D eigenvalue weighted by Crippen LogP contribution is -2.39. The first kappa shape index (κ1) is 16.3. The van der Waals surface area contributed by atoms with Crippen LogP contribution in [0.3, 0.4) is 0 Å². The number of ether oxygens (including phenoxy) is 1. The number of aliphatic hydroxyl groups excluding tert-OH is 1. The van der Waals surface area contributed by atoms with Crippen LogP contribution in [0.25, 0.3) is 0 Å². The molecule has 1 aliphatic rings. The lowest BCUT2D eigenvalue weighted by atomic mass is 9.84. The van der Waals surface area contributed by atoms with Gasteiger partial charge in [-0.05, 0) is 50.7 Å². The summed E-state index contributed by atoms with van der Waals surface area (Å²) in [6.07, 6.45) is 5.98. The summed E-state index contributed by atoms with van der Waals surface area (Å²) in [5.74, 6) is 1.74. The summed E-state index contributed by atoms with van der Waals surface area (Å²) in [4.78, 5) is 0. The first-order chi connectivity index (χ1) is 10.2. The topological polar surface area (TPSA) is 41.5 Å². The molecule has 1 fully saturated rings. The molecule has 1 aliphatic carbocycles. The highest BCUT2D eigenvalue weighted by molar-refractivity contribution is 5.26. The van der Waals surface area contributed by atoms with Crippen LogP contribution in [0.5, 0.6) is 5.75 Å². The number of hydrogen-bond acceptors (Lipinski definition) is 3. The fourth-order valence-electron chi connectivity index (χ4n) is 2.96. The fraction of sp³-hybridized carbons (Fsp3) is 0.667. The number of nitrogens with one attached hydrogen (secondary N) is 1. The molecule has 3 nitrogen and oxygen atoms in total. The molecule has 0 aromatic heterocycles. The fourth-order valence-corrected chi connectivity index (χ4v) is 2.96. The molecule has 0 amide bonds. The molecule has 118 valence electrons. The standard InChI is InChI=1S/C18H29NO2/c1-3-15-6-8-16(9-7-15)19-12-17(20)13-21-18-10-4-14(2)5-11-18/h4-5,10-11,15-17,19-20H,3,6-9,12-13H2,1-2H3. The Morgan fingerprint density at radius 3 is 2.48 bits per heavy atom. The van der Waals surface area contributed by atoms with Gasteiger partial charge in [-0.1, -0.05) is 31.0 Å². The first-order valence-electron chi connectivity index (χ1n) is 8.28. The number of aliphatic hydroxyl groups is 1. The second-order valence-electron chi connectivity index (χ2n) is 6.31. The molecule has 0 bridgehead atoms. The Morgan fingerprint density at radius 1 is 1.19 bits per heavy atom. The van der Waals surface area contributed by atoms with Gasteiger partial charge in [-0.25, -0.2) is 0 Å². The maximum absolute atomic E-state index is 10.0. The highest BCUT2D eigenvalue weighted by atomic mass is 16.5. The van der Waals surface area contributed by atoms with Gasteiger partial charge in [0.15, 0.2) is 0 Å². The summed E-state index contributed by atoms with van der Waals surface area (Å²) >= 11 is 0. The van der Waals surface area contributed by atoms with Crippen LogP contribution in [0.4, 0.5) is 0 Å². The van der Waals surface area contributed by atoms with E-state index in [0.29, 0.717) is 19.2 Å². The van der Waals surface area contributed by atoms with Crippen molar-refractivity contribution >= 4 is 0 Å². The van der Waals surface area contributed by atoms with Crippen LogP contribution in [0, 0.1) is 12.8 Å². The summed E-state index contributed by atoms with van der Waals surface area (Å²) in [7, 11) is 0. The van der Waals surface area contributed by atoms with Crippen LogP contribution >= 0.6 is 0 Å². The van der Waals surface area contributed by atoms with E-state index in [9.17, 15) is 5.11 Å². The third-order valence-corrected chi connectivity index (χ3v) is 4.53. The first-order valence-corrected chi connectivity index (χ1v) is 8.28. The summed E-state index contributed by atoms with van der Waals surface area (Å²) in [6.45, 7) is 5.30. The van der Waals surface area contributed by atoms with Crippen LogP contribution in [0.15, 0.2) is 24.3 Å². The monoisotopic (exact) mass is 291 g/mol. The molecule has 1 atom stereocenters. The van der Waals surface area contributed by atoms with Gasteiger partial charge in [0.2, 0.25) is 0 Å². The molecule has 1 saturated carbocycles. The molecule has 1 unspecified atom stereocenters. The van der Waals surface area contributed by atoms with Crippen molar-refractivity contribution < 1.29 is 9.84 Å². The Bertz CT molecular complexity index is 396. The van der Waals surface area contributed by atoms with Crippen LogP contribution in [-0.2, 0) is 0 Å². The van der Waals surface area contributed by atoms with Gasteiger partial charge in [-0.15, -0.1) is 0 Å².